The maximum atomic E-state index is 4.13. The quantitative estimate of drug-likeness (QED) is 0.735. The van der Waals surface area contributed by atoms with Gasteiger partial charge in [0, 0.05) is 24.8 Å². The number of nitrogens with one attached hydrogen (secondary N) is 1. The monoisotopic (exact) mass is 278 g/mol. The highest BCUT2D eigenvalue weighted by atomic mass is 79.9. The lowest BCUT2D eigenvalue weighted by atomic mass is 10.2. The average Bonchev–Trinajstić information content (AvgIpc) is 2.36. The molecule has 2 nitrogen and oxygen atoms in total. The van der Waals surface area contributed by atoms with Crippen LogP contribution in [-0.2, 0) is 13.1 Å². The molecule has 0 aromatic carbocycles. The lowest BCUT2D eigenvalue weighted by molar-refractivity contribution is 0.763. The number of hydrogen-bond acceptors (Lipinski definition) is 2. The highest BCUT2D eigenvalue weighted by molar-refractivity contribution is 9.10. The molecule has 0 aliphatic carbocycles. The first-order valence-electron chi connectivity index (χ1n) is 3.21. The van der Waals surface area contributed by atoms with Crippen molar-refractivity contribution in [1.82, 2.24) is 10.3 Å². The van der Waals surface area contributed by atoms with Crippen molar-refractivity contribution in [3.8, 4) is 0 Å². The molecule has 2 rings (SSSR count). The number of nitrogens with zero attached hydrogens (tertiary/aromatic N) is 1. The minimum atomic E-state index is 0. The fraction of sp³-hybridized carbons (Fsp3) is 0.286. The van der Waals surface area contributed by atoms with Gasteiger partial charge in [0.25, 0.3) is 0 Å². The molecule has 0 atom stereocenters. The first kappa shape index (κ1) is 9.16. The summed E-state index contributed by atoms with van der Waals surface area (Å²) in [5.74, 6) is 0. The van der Waals surface area contributed by atoms with Gasteiger partial charge in [-0.1, -0.05) is 0 Å². The van der Waals surface area contributed by atoms with Crippen LogP contribution in [0.1, 0.15) is 11.1 Å². The molecule has 0 bridgehead atoms. The standard InChI is InChI=1S/C7H7BrN2.BrH/c8-7-6-4-9-3-5(6)1-2-10-7;/h1-2,9H,3-4H2;1H. The largest absolute Gasteiger partial charge is 0.308 e. The topological polar surface area (TPSA) is 24.9 Å². The highest BCUT2D eigenvalue weighted by Crippen LogP contribution is 2.21. The van der Waals surface area contributed by atoms with Crippen molar-refractivity contribution >= 4 is 32.9 Å². The van der Waals surface area contributed by atoms with Gasteiger partial charge in [-0.05, 0) is 27.6 Å². The van der Waals surface area contributed by atoms with Crippen LogP contribution in [0, 0.1) is 0 Å². The number of aromatic nitrogens is 1. The molecule has 0 spiro atoms. The van der Waals surface area contributed by atoms with Gasteiger partial charge in [-0.2, -0.15) is 0 Å². The van der Waals surface area contributed by atoms with Crippen LogP contribution in [0.3, 0.4) is 0 Å². The molecule has 1 aromatic rings. The summed E-state index contributed by atoms with van der Waals surface area (Å²) in [6.07, 6.45) is 1.83. The number of halogens is 2. The lowest BCUT2D eigenvalue weighted by Gasteiger charge is -1.96. The van der Waals surface area contributed by atoms with Gasteiger partial charge >= 0.3 is 0 Å². The smallest absolute Gasteiger partial charge is 0.110 e. The molecule has 0 fully saturated rings. The van der Waals surface area contributed by atoms with E-state index in [1.54, 1.807) is 0 Å². The Balaban J connectivity index is 0.000000605. The molecule has 0 radical (unpaired) electrons. The van der Waals surface area contributed by atoms with Crippen molar-refractivity contribution in [2.75, 3.05) is 0 Å². The summed E-state index contributed by atoms with van der Waals surface area (Å²) >= 11 is 3.40. The van der Waals surface area contributed by atoms with E-state index < -0.39 is 0 Å². The minimum Gasteiger partial charge on any atom is -0.308 e. The van der Waals surface area contributed by atoms with Crippen LogP contribution in [0.15, 0.2) is 16.9 Å². The van der Waals surface area contributed by atoms with Crippen LogP contribution in [-0.4, -0.2) is 4.98 Å². The second kappa shape index (κ2) is 3.65. The van der Waals surface area contributed by atoms with E-state index >= 15 is 0 Å². The molecule has 1 N–H and O–H groups in total. The molecule has 0 unspecified atom stereocenters. The molecule has 4 heteroatoms. The zero-order chi connectivity index (χ0) is 6.97. The van der Waals surface area contributed by atoms with E-state index in [0.717, 1.165) is 17.7 Å². The van der Waals surface area contributed by atoms with E-state index in [-0.39, 0.29) is 17.0 Å². The van der Waals surface area contributed by atoms with Gasteiger partial charge in [0.2, 0.25) is 0 Å². The second-order valence-corrected chi connectivity index (χ2v) is 3.09. The van der Waals surface area contributed by atoms with Gasteiger partial charge < -0.3 is 5.32 Å². The fourth-order valence-corrected chi connectivity index (χ4v) is 1.69. The Kier molecular flexibility index (Phi) is 3.04. The maximum absolute atomic E-state index is 4.13. The average molecular weight is 280 g/mol. The number of pyridine rings is 1. The zero-order valence-corrected chi connectivity index (χ0v) is 9.10. The Morgan fingerprint density at radius 3 is 3.00 bits per heavy atom. The SMILES string of the molecule is Br.Brc1nccc2c1CNC2. The van der Waals surface area contributed by atoms with E-state index in [1.165, 1.54) is 11.1 Å². The van der Waals surface area contributed by atoms with Crippen LogP contribution >= 0.6 is 32.9 Å². The van der Waals surface area contributed by atoms with Gasteiger partial charge in [-0.15, -0.1) is 17.0 Å². The van der Waals surface area contributed by atoms with E-state index in [9.17, 15) is 0 Å². The van der Waals surface area contributed by atoms with Crippen molar-refractivity contribution < 1.29 is 0 Å². The molecule has 0 saturated heterocycles. The van der Waals surface area contributed by atoms with Crippen LogP contribution in [0.2, 0.25) is 0 Å². The van der Waals surface area contributed by atoms with Crippen molar-refractivity contribution in [2.45, 2.75) is 13.1 Å². The maximum Gasteiger partial charge on any atom is 0.110 e. The molecule has 0 saturated carbocycles. The first-order valence-corrected chi connectivity index (χ1v) is 4.00. The molecular formula is C7H8Br2N2. The van der Waals surface area contributed by atoms with Crippen molar-refractivity contribution in [3.63, 3.8) is 0 Å². The molecule has 1 aliphatic heterocycles. The molecule has 0 amide bonds. The molecular weight excluding hydrogens is 272 g/mol. The number of rotatable bonds is 0. The number of fused-ring (bicyclic) bond motifs is 1. The molecule has 1 aromatic heterocycles. The van der Waals surface area contributed by atoms with E-state index in [0.29, 0.717) is 0 Å². The van der Waals surface area contributed by atoms with Gasteiger partial charge in [-0.25, -0.2) is 4.98 Å². The van der Waals surface area contributed by atoms with Crippen molar-refractivity contribution in [3.05, 3.63) is 28.0 Å². The predicted molar refractivity (Wildman–Crippen MR) is 52.8 cm³/mol. The van der Waals surface area contributed by atoms with E-state index in [1.807, 2.05) is 6.20 Å². The van der Waals surface area contributed by atoms with Gasteiger partial charge in [0.05, 0.1) is 0 Å². The van der Waals surface area contributed by atoms with Crippen LogP contribution in [0.25, 0.3) is 0 Å². The third-order valence-corrected chi connectivity index (χ3v) is 2.40. The fourth-order valence-electron chi connectivity index (χ4n) is 1.18. The lowest BCUT2D eigenvalue weighted by Crippen LogP contribution is -2.00. The van der Waals surface area contributed by atoms with Gasteiger partial charge in [-0.3, -0.25) is 0 Å². The Hall–Kier alpha value is 0.0700. The van der Waals surface area contributed by atoms with E-state index in [4.69, 9.17) is 0 Å². The summed E-state index contributed by atoms with van der Waals surface area (Å²) in [6, 6.07) is 2.06. The molecule has 2 heterocycles. The Bertz CT molecular complexity index is 263. The molecule has 1 aliphatic rings. The Labute approximate surface area is 84.3 Å². The summed E-state index contributed by atoms with van der Waals surface area (Å²) in [4.78, 5) is 4.13. The van der Waals surface area contributed by atoms with Gasteiger partial charge in [0.1, 0.15) is 4.60 Å². The van der Waals surface area contributed by atoms with Crippen molar-refractivity contribution in [1.29, 1.82) is 0 Å². The zero-order valence-electron chi connectivity index (χ0n) is 5.80. The third kappa shape index (κ3) is 1.63. The molecule has 60 valence electrons. The van der Waals surface area contributed by atoms with E-state index in [2.05, 4.69) is 32.3 Å². The minimum absolute atomic E-state index is 0. The van der Waals surface area contributed by atoms with Crippen LogP contribution in [0.4, 0.5) is 0 Å². The third-order valence-electron chi connectivity index (χ3n) is 1.72. The first-order chi connectivity index (χ1) is 4.88. The predicted octanol–water partition coefficient (Wildman–Crippen LogP) is 2.03. The summed E-state index contributed by atoms with van der Waals surface area (Å²) in [5.41, 5.74) is 2.67. The summed E-state index contributed by atoms with van der Waals surface area (Å²) < 4.78 is 0.981. The van der Waals surface area contributed by atoms with Crippen LogP contribution < -0.4 is 5.32 Å². The van der Waals surface area contributed by atoms with Crippen LogP contribution in [0.5, 0.6) is 0 Å². The summed E-state index contributed by atoms with van der Waals surface area (Å²) in [5, 5.41) is 3.26. The summed E-state index contributed by atoms with van der Waals surface area (Å²) in [7, 11) is 0. The Morgan fingerprint density at radius 1 is 1.45 bits per heavy atom. The number of hydrogen-bond donors (Lipinski definition) is 1. The Morgan fingerprint density at radius 2 is 2.27 bits per heavy atom. The van der Waals surface area contributed by atoms with Crippen molar-refractivity contribution in [2.24, 2.45) is 0 Å². The normalized spacial score (nSPS) is 13.9. The highest BCUT2D eigenvalue weighted by Gasteiger charge is 2.12. The van der Waals surface area contributed by atoms with Gasteiger partial charge in [0.15, 0.2) is 0 Å². The molecule has 11 heavy (non-hydrogen) atoms. The summed E-state index contributed by atoms with van der Waals surface area (Å²) in [6.45, 7) is 1.93. The second-order valence-electron chi connectivity index (χ2n) is 2.34.